The highest BCUT2D eigenvalue weighted by Crippen LogP contribution is 2.35. The number of aryl methyl sites for hydroxylation is 1. The molecule has 0 spiro atoms. The summed E-state index contributed by atoms with van der Waals surface area (Å²) in [6.07, 6.45) is -0.564. The maximum Gasteiger partial charge on any atom is 0.114 e. The van der Waals surface area contributed by atoms with Crippen molar-refractivity contribution in [1.29, 1.82) is 0 Å². The molecule has 2 aromatic rings. The highest BCUT2D eigenvalue weighted by Gasteiger charge is 2.16. The molecule has 0 radical (unpaired) electrons. The molecule has 1 heterocycles. The van der Waals surface area contributed by atoms with Crippen LogP contribution in [-0.4, -0.2) is 5.11 Å². The van der Waals surface area contributed by atoms with Crippen LogP contribution in [0.5, 0.6) is 0 Å². The van der Waals surface area contributed by atoms with Crippen molar-refractivity contribution < 1.29 is 5.11 Å². The summed E-state index contributed by atoms with van der Waals surface area (Å²) < 4.78 is 1.99. The number of halogens is 2. The van der Waals surface area contributed by atoms with Crippen LogP contribution in [0, 0.1) is 6.92 Å². The van der Waals surface area contributed by atoms with Gasteiger partial charge in [-0.05, 0) is 40.5 Å². The summed E-state index contributed by atoms with van der Waals surface area (Å²) in [5.41, 5.74) is 0.899. The van der Waals surface area contributed by atoms with Gasteiger partial charge in [-0.2, -0.15) is 0 Å². The van der Waals surface area contributed by atoms with Crippen LogP contribution in [0.1, 0.15) is 21.4 Å². The van der Waals surface area contributed by atoms with Gasteiger partial charge in [-0.1, -0.05) is 34.1 Å². The summed E-state index contributed by atoms with van der Waals surface area (Å²) in [6, 6.07) is 9.71. The Kier molecular flexibility index (Phi) is 3.85. The zero-order valence-corrected chi connectivity index (χ0v) is 12.6. The van der Waals surface area contributed by atoms with Crippen molar-refractivity contribution in [3.8, 4) is 0 Å². The Morgan fingerprint density at radius 1 is 1.19 bits per heavy atom. The van der Waals surface area contributed by atoms with Crippen LogP contribution >= 0.6 is 43.2 Å². The van der Waals surface area contributed by atoms with E-state index in [1.165, 1.54) is 4.88 Å². The molecule has 0 aliphatic rings. The van der Waals surface area contributed by atoms with Crippen LogP contribution in [0.15, 0.2) is 39.3 Å². The topological polar surface area (TPSA) is 20.2 Å². The monoisotopic (exact) mass is 360 g/mol. The van der Waals surface area contributed by atoms with Gasteiger partial charge in [0, 0.05) is 18.7 Å². The minimum absolute atomic E-state index is 0.564. The van der Waals surface area contributed by atoms with Gasteiger partial charge in [-0.3, -0.25) is 0 Å². The van der Waals surface area contributed by atoms with Crippen molar-refractivity contribution in [2.24, 2.45) is 0 Å². The smallest absolute Gasteiger partial charge is 0.114 e. The Morgan fingerprint density at radius 3 is 2.44 bits per heavy atom. The molecule has 84 valence electrons. The van der Waals surface area contributed by atoms with E-state index in [4.69, 9.17) is 0 Å². The summed E-state index contributed by atoms with van der Waals surface area (Å²) in [7, 11) is 0. The fraction of sp³-hybridized carbons (Fsp3) is 0.167. The quantitative estimate of drug-likeness (QED) is 0.824. The predicted octanol–water partition coefficient (Wildman–Crippen LogP) is 4.66. The second-order valence-electron chi connectivity index (χ2n) is 3.48. The number of hydrogen-bond acceptors (Lipinski definition) is 2. The van der Waals surface area contributed by atoms with Crippen LogP contribution in [-0.2, 0) is 0 Å². The molecule has 0 saturated heterocycles. The normalized spacial score (nSPS) is 12.8. The first-order valence-corrected chi connectivity index (χ1v) is 7.18. The van der Waals surface area contributed by atoms with E-state index < -0.39 is 6.10 Å². The number of aliphatic hydroxyl groups excluding tert-OH is 1. The molecule has 1 aromatic heterocycles. The molecule has 0 aliphatic heterocycles. The molecular weight excluding hydrogens is 352 g/mol. The molecule has 1 aromatic carbocycles. The van der Waals surface area contributed by atoms with Crippen molar-refractivity contribution >= 4 is 43.2 Å². The molecular formula is C12H10Br2OS. The number of aliphatic hydroxyl groups is 1. The summed E-state index contributed by atoms with van der Waals surface area (Å²) in [4.78, 5) is 2.14. The maximum atomic E-state index is 10.3. The Labute approximate surface area is 115 Å². The third-order valence-corrected chi connectivity index (χ3v) is 5.26. The van der Waals surface area contributed by atoms with Gasteiger partial charge in [-0.15, -0.1) is 11.3 Å². The zero-order valence-electron chi connectivity index (χ0n) is 8.58. The zero-order chi connectivity index (χ0) is 11.7. The third-order valence-electron chi connectivity index (χ3n) is 2.35. The summed E-state index contributed by atoms with van der Waals surface area (Å²) in [5, 5.41) is 10.3. The first-order chi connectivity index (χ1) is 7.59. The fourth-order valence-electron chi connectivity index (χ4n) is 1.47. The van der Waals surface area contributed by atoms with Gasteiger partial charge >= 0.3 is 0 Å². The summed E-state index contributed by atoms with van der Waals surface area (Å²) in [5.74, 6) is 0. The van der Waals surface area contributed by atoms with E-state index in [1.54, 1.807) is 11.3 Å². The molecule has 0 saturated carbocycles. The van der Waals surface area contributed by atoms with E-state index in [1.807, 2.05) is 37.3 Å². The van der Waals surface area contributed by atoms with Crippen molar-refractivity contribution in [1.82, 2.24) is 0 Å². The molecule has 0 amide bonds. The molecule has 1 atom stereocenters. The van der Waals surface area contributed by atoms with Gasteiger partial charge in [0.25, 0.3) is 0 Å². The van der Waals surface area contributed by atoms with Crippen molar-refractivity contribution in [2.75, 3.05) is 0 Å². The van der Waals surface area contributed by atoms with Crippen LogP contribution in [0.4, 0.5) is 0 Å². The SMILES string of the molecule is Cc1sc(C(O)c2ccccc2Br)cc1Br. The molecule has 16 heavy (non-hydrogen) atoms. The first-order valence-electron chi connectivity index (χ1n) is 4.78. The highest BCUT2D eigenvalue weighted by molar-refractivity contribution is 9.10. The number of rotatable bonds is 2. The lowest BCUT2D eigenvalue weighted by Crippen LogP contribution is -1.97. The predicted molar refractivity (Wildman–Crippen MR) is 75.0 cm³/mol. The fourth-order valence-corrected chi connectivity index (χ4v) is 3.53. The molecule has 4 heteroatoms. The first kappa shape index (κ1) is 12.3. The Balaban J connectivity index is 2.39. The van der Waals surface area contributed by atoms with Crippen molar-refractivity contribution in [3.05, 3.63) is 54.6 Å². The van der Waals surface area contributed by atoms with E-state index in [0.717, 1.165) is 19.4 Å². The Morgan fingerprint density at radius 2 is 1.88 bits per heavy atom. The van der Waals surface area contributed by atoms with E-state index in [2.05, 4.69) is 31.9 Å². The lowest BCUT2D eigenvalue weighted by Gasteiger charge is -2.10. The van der Waals surface area contributed by atoms with Crippen molar-refractivity contribution in [3.63, 3.8) is 0 Å². The lowest BCUT2D eigenvalue weighted by molar-refractivity contribution is 0.223. The van der Waals surface area contributed by atoms with Gasteiger partial charge in [-0.25, -0.2) is 0 Å². The van der Waals surface area contributed by atoms with Gasteiger partial charge in [0.15, 0.2) is 0 Å². The van der Waals surface area contributed by atoms with Crippen LogP contribution < -0.4 is 0 Å². The van der Waals surface area contributed by atoms with E-state index >= 15 is 0 Å². The number of benzene rings is 1. The standard InChI is InChI=1S/C12H10Br2OS/c1-7-10(14)6-11(16-7)12(15)8-4-2-3-5-9(8)13/h2-6,12,15H,1H3. The minimum atomic E-state index is -0.564. The van der Waals surface area contributed by atoms with Gasteiger partial charge in [0.2, 0.25) is 0 Å². The second-order valence-corrected chi connectivity index (χ2v) is 6.47. The van der Waals surface area contributed by atoms with E-state index in [-0.39, 0.29) is 0 Å². The molecule has 1 nitrogen and oxygen atoms in total. The molecule has 0 aliphatic carbocycles. The van der Waals surface area contributed by atoms with Gasteiger partial charge in [0.05, 0.1) is 0 Å². The second kappa shape index (κ2) is 5.00. The number of thiophene rings is 1. The Hall–Kier alpha value is -0.160. The number of hydrogen-bond donors (Lipinski definition) is 1. The van der Waals surface area contributed by atoms with Crippen molar-refractivity contribution in [2.45, 2.75) is 13.0 Å². The van der Waals surface area contributed by atoms with Gasteiger partial charge < -0.3 is 5.11 Å². The molecule has 1 N–H and O–H groups in total. The van der Waals surface area contributed by atoms with Crippen LogP contribution in [0.2, 0.25) is 0 Å². The average Bonchev–Trinajstić information content (AvgIpc) is 2.59. The lowest BCUT2D eigenvalue weighted by atomic mass is 10.1. The molecule has 0 fully saturated rings. The van der Waals surface area contributed by atoms with Crippen LogP contribution in [0.25, 0.3) is 0 Å². The minimum Gasteiger partial charge on any atom is -0.383 e. The third kappa shape index (κ3) is 2.40. The van der Waals surface area contributed by atoms with Gasteiger partial charge in [0.1, 0.15) is 6.10 Å². The summed E-state index contributed by atoms with van der Waals surface area (Å²) in [6.45, 7) is 2.03. The van der Waals surface area contributed by atoms with E-state index in [9.17, 15) is 5.11 Å². The molecule has 1 unspecified atom stereocenters. The van der Waals surface area contributed by atoms with E-state index in [0.29, 0.717) is 0 Å². The van der Waals surface area contributed by atoms with Crippen LogP contribution in [0.3, 0.4) is 0 Å². The molecule has 2 rings (SSSR count). The summed E-state index contributed by atoms with van der Waals surface area (Å²) >= 11 is 8.52. The molecule has 0 bridgehead atoms. The Bertz CT molecular complexity index is 488. The largest absolute Gasteiger partial charge is 0.383 e. The maximum absolute atomic E-state index is 10.3. The highest BCUT2D eigenvalue weighted by atomic mass is 79.9. The average molecular weight is 362 g/mol.